The second kappa shape index (κ2) is 2.94. The van der Waals surface area contributed by atoms with E-state index < -0.39 is 11.9 Å². The first kappa shape index (κ1) is 9.44. The maximum atomic E-state index is 10.0. The zero-order valence-electron chi connectivity index (χ0n) is 8.23. The van der Waals surface area contributed by atoms with Gasteiger partial charge in [0.25, 0.3) is 0 Å². The van der Waals surface area contributed by atoms with E-state index in [4.69, 9.17) is 4.74 Å². The zero-order valence-corrected chi connectivity index (χ0v) is 8.23. The smallest absolute Gasteiger partial charge is 0.157 e. The molecule has 3 heteroatoms. The van der Waals surface area contributed by atoms with Gasteiger partial charge < -0.3 is 14.9 Å². The third-order valence-corrected chi connectivity index (χ3v) is 3.87. The van der Waals surface area contributed by atoms with Crippen molar-refractivity contribution in [2.24, 2.45) is 17.8 Å². The van der Waals surface area contributed by atoms with Gasteiger partial charge in [-0.05, 0) is 25.7 Å². The van der Waals surface area contributed by atoms with E-state index in [-0.39, 0.29) is 11.8 Å². The molecule has 0 bridgehead atoms. The van der Waals surface area contributed by atoms with E-state index in [2.05, 4.69) is 0 Å². The van der Waals surface area contributed by atoms with Crippen LogP contribution in [0.15, 0.2) is 0 Å². The van der Waals surface area contributed by atoms with E-state index in [1.807, 2.05) is 13.8 Å². The van der Waals surface area contributed by atoms with Crippen molar-refractivity contribution in [3.63, 3.8) is 0 Å². The Balaban J connectivity index is 2.15. The third-order valence-electron chi connectivity index (χ3n) is 3.87. The van der Waals surface area contributed by atoms with Gasteiger partial charge in [-0.15, -0.1) is 0 Å². The van der Waals surface area contributed by atoms with Crippen LogP contribution in [0.25, 0.3) is 0 Å². The molecule has 0 radical (unpaired) electrons. The first-order valence-electron chi connectivity index (χ1n) is 5.04. The Hall–Kier alpha value is -0.120. The highest BCUT2D eigenvalue weighted by Crippen LogP contribution is 2.47. The van der Waals surface area contributed by atoms with Gasteiger partial charge in [0.15, 0.2) is 6.29 Å². The lowest BCUT2D eigenvalue weighted by atomic mass is 9.79. The molecule has 0 aromatic carbocycles. The summed E-state index contributed by atoms with van der Waals surface area (Å²) in [5.41, 5.74) is -0.584. The first-order valence-corrected chi connectivity index (χ1v) is 5.04. The second-order valence-corrected chi connectivity index (χ2v) is 4.75. The average molecular weight is 186 g/mol. The summed E-state index contributed by atoms with van der Waals surface area (Å²) in [5.74, 6) is 0.803. The molecule has 0 spiro atoms. The molecule has 1 aliphatic carbocycles. The number of rotatable bonds is 0. The fourth-order valence-electron chi connectivity index (χ4n) is 2.80. The van der Waals surface area contributed by atoms with Crippen LogP contribution in [0.2, 0.25) is 0 Å². The summed E-state index contributed by atoms with van der Waals surface area (Å²) in [7, 11) is 0. The number of hydrogen-bond acceptors (Lipinski definition) is 3. The Morgan fingerprint density at radius 2 is 2.15 bits per heavy atom. The van der Waals surface area contributed by atoms with Crippen molar-refractivity contribution >= 4 is 0 Å². The lowest BCUT2D eigenvalue weighted by Crippen LogP contribution is -2.45. The van der Waals surface area contributed by atoms with Crippen LogP contribution in [0.1, 0.15) is 26.7 Å². The topological polar surface area (TPSA) is 49.7 Å². The molecule has 3 nitrogen and oxygen atoms in total. The highest BCUT2D eigenvalue weighted by molar-refractivity contribution is 4.97. The summed E-state index contributed by atoms with van der Waals surface area (Å²) < 4.78 is 5.24. The molecule has 5 unspecified atom stereocenters. The quantitative estimate of drug-likeness (QED) is 0.587. The summed E-state index contributed by atoms with van der Waals surface area (Å²) >= 11 is 0. The molecule has 5 atom stereocenters. The van der Waals surface area contributed by atoms with Crippen LogP contribution >= 0.6 is 0 Å². The molecular formula is C10H18O3. The van der Waals surface area contributed by atoms with Gasteiger partial charge in [-0.2, -0.15) is 0 Å². The SMILES string of the molecule is CC1C(O)OCC2C1CCC2(C)O. The minimum atomic E-state index is -0.629. The Morgan fingerprint density at radius 3 is 2.85 bits per heavy atom. The summed E-state index contributed by atoms with van der Waals surface area (Å²) in [6.45, 7) is 4.39. The molecular weight excluding hydrogens is 168 g/mol. The van der Waals surface area contributed by atoms with Gasteiger partial charge in [0.1, 0.15) is 0 Å². The number of fused-ring (bicyclic) bond motifs is 1. The van der Waals surface area contributed by atoms with Crippen LogP contribution in [0.4, 0.5) is 0 Å². The van der Waals surface area contributed by atoms with Crippen LogP contribution in [-0.2, 0) is 4.74 Å². The largest absolute Gasteiger partial charge is 0.390 e. The van der Waals surface area contributed by atoms with E-state index in [0.29, 0.717) is 12.5 Å². The number of aliphatic hydroxyl groups excluding tert-OH is 1. The van der Waals surface area contributed by atoms with Crippen LogP contribution < -0.4 is 0 Å². The van der Waals surface area contributed by atoms with Gasteiger partial charge in [-0.1, -0.05) is 6.92 Å². The molecule has 1 heterocycles. The molecule has 1 saturated carbocycles. The van der Waals surface area contributed by atoms with Gasteiger partial charge in [-0.25, -0.2) is 0 Å². The zero-order chi connectivity index (χ0) is 9.64. The standard InChI is InChI=1S/C10H18O3/c1-6-7-3-4-10(2,12)8(7)5-13-9(6)11/h6-9,11-12H,3-5H2,1-2H3. The molecule has 0 amide bonds. The number of hydrogen-bond donors (Lipinski definition) is 2. The first-order chi connectivity index (χ1) is 6.02. The van der Waals surface area contributed by atoms with Crippen molar-refractivity contribution in [2.75, 3.05) is 6.61 Å². The molecule has 1 aliphatic heterocycles. The van der Waals surface area contributed by atoms with Gasteiger partial charge in [-0.3, -0.25) is 0 Å². The third kappa shape index (κ3) is 1.39. The molecule has 0 aromatic rings. The van der Waals surface area contributed by atoms with Gasteiger partial charge in [0, 0.05) is 11.8 Å². The number of aliphatic hydroxyl groups is 2. The minimum Gasteiger partial charge on any atom is -0.390 e. The van der Waals surface area contributed by atoms with Crippen LogP contribution in [-0.4, -0.2) is 28.7 Å². The van der Waals surface area contributed by atoms with Crippen LogP contribution in [0.5, 0.6) is 0 Å². The maximum absolute atomic E-state index is 10.0. The molecule has 1 saturated heterocycles. The Labute approximate surface area is 78.7 Å². The molecule has 2 rings (SSSR count). The lowest BCUT2D eigenvalue weighted by molar-refractivity contribution is -0.204. The fourth-order valence-corrected chi connectivity index (χ4v) is 2.80. The minimum absolute atomic E-state index is 0.160. The average Bonchev–Trinajstić information content (AvgIpc) is 2.35. The van der Waals surface area contributed by atoms with Gasteiger partial charge in [0.2, 0.25) is 0 Å². The van der Waals surface area contributed by atoms with Gasteiger partial charge >= 0.3 is 0 Å². The highest BCUT2D eigenvalue weighted by atomic mass is 16.6. The van der Waals surface area contributed by atoms with E-state index in [9.17, 15) is 10.2 Å². The Morgan fingerprint density at radius 1 is 1.46 bits per heavy atom. The van der Waals surface area contributed by atoms with Crippen molar-refractivity contribution in [2.45, 2.75) is 38.6 Å². The molecule has 2 fully saturated rings. The normalized spacial score (nSPS) is 56.3. The van der Waals surface area contributed by atoms with Gasteiger partial charge in [0.05, 0.1) is 12.2 Å². The van der Waals surface area contributed by atoms with Crippen molar-refractivity contribution in [1.82, 2.24) is 0 Å². The van der Waals surface area contributed by atoms with E-state index >= 15 is 0 Å². The summed E-state index contributed by atoms with van der Waals surface area (Å²) in [6, 6.07) is 0. The van der Waals surface area contributed by atoms with Crippen molar-refractivity contribution < 1.29 is 14.9 Å². The second-order valence-electron chi connectivity index (χ2n) is 4.75. The lowest BCUT2D eigenvalue weighted by Gasteiger charge is -2.39. The van der Waals surface area contributed by atoms with Crippen molar-refractivity contribution in [1.29, 1.82) is 0 Å². The van der Waals surface area contributed by atoms with Crippen LogP contribution in [0.3, 0.4) is 0 Å². The molecule has 76 valence electrons. The van der Waals surface area contributed by atoms with E-state index in [0.717, 1.165) is 12.8 Å². The Kier molecular flexibility index (Phi) is 2.13. The highest BCUT2D eigenvalue weighted by Gasteiger charge is 2.50. The molecule has 2 aliphatic rings. The van der Waals surface area contributed by atoms with E-state index in [1.165, 1.54) is 0 Å². The molecule has 0 aromatic heterocycles. The van der Waals surface area contributed by atoms with E-state index in [1.54, 1.807) is 0 Å². The molecule has 13 heavy (non-hydrogen) atoms. The van der Waals surface area contributed by atoms with Crippen LogP contribution in [0, 0.1) is 17.8 Å². The predicted octanol–water partition coefficient (Wildman–Crippen LogP) is 0.748. The summed E-state index contributed by atoms with van der Waals surface area (Å²) in [5, 5.41) is 19.5. The summed E-state index contributed by atoms with van der Waals surface area (Å²) in [4.78, 5) is 0. The van der Waals surface area contributed by atoms with Crippen molar-refractivity contribution in [3.8, 4) is 0 Å². The summed E-state index contributed by atoms with van der Waals surface area (Å²) in [6.07, 6.45) is 1.22. The Bertz CT molecular complexity index is 202. The predicted molar refractivity (Wildman–Crippen MR) is 48.0 cm³/mol. The monoisotopic (exact) mass is 186 g/mol. The fraction of sp³-hybridized carbons (Fsp3) is 1.00. The maximum Gasteiger partial charge on any atom is 0.157 e. The number of ether oxygens (including phenoxy) is 1. The van der Waals surface area contributed by atoms with Crippen molar-refractivity contribution in [3.05, 3.63) is 0 Å². The molecule has 2 N–H and O–H groups in total.